The first-order chi connectivity index (χ1) is 9.51. The second-order valence-electron chi connectivity index (χ2n) is 6.78. The van der Waals surface area contributed by atoms with Gasteiger partial charge in [-0.2, -0.15) is 13.2 Å². The lowest BCUT2D eigenvalue weighted by Crippen LogP contribution is -2.20. The van der Waals surface area contributed by atoms with Crippen LogP contribution in [0.3, 0.4) is 0 Å². The molecule has 1 aromatic carbocycles. The highest BCUT2D eigenvalue weighted by Crippen LogP contribution is 2.36. The summed E-state index contributed by atoms with van der Waals surface area (Å²) < 4.78 is 63.9. The highest BCUT2D eigenvalue weighted by Gasteiger charge is 2.32. The SMILES string of the molecule is [2H]c1c(C(F)(F)F)ccc(C([2H])([2H])C(C)(C)C)c1C(C)(C)C. The molecule has 0 spiro atoms. The summed E-state index contributed by atoms with van der Waals surface area (Å²) in [5.74, 6) is 0. The minimum Gasteiger partial charge on any atom is -0.166 e. The molecule has 0 aliphatic rings. The minimum atomic E-state index is -4.62. The van der Waals surface area contributed by atoms with Crippen molar-refractivity contribution in [2.75, 3.05) is 0 Å². The van der Waals surface area contributed by atoms with Gasteiger partial charge in [0.05, 0.1) is 6.93 Å². The maximum Gasteiger partial charge on any atom is 0.416 e. The number of halogens is 3. The van der Waals surface area contributed by atoms with Crippen LogP contribution in [0.15, 0.2) is 18.2 Å². The van der Waals surface area contributed by atoms with Gasteiger partial charge in [0.15, 0.2) is 0 Å². The van der Waals surface area contributed by atoms with Crippen LogP contribution < -0.4 is 0 Å². The monoisotopic (exact) mass is 275 g/mol. The molecular weight excluding hydrogens is 249 g/mol. The van der Waals surface area contributed by atoms with Crippen LogP contribution >= 0.6 is 0 Å². The maximum absolute atomic E-state index is 13.1. The molecule has 0 unspecified atom stereocenters. The van der Waals surface area contributed by atoms with Crippen molar-refractivity contribution in [2.45, 2.75) is 59.5 Å². The molecule has 0 radical (unpaired) electrons. The maximum atomic E-state index is 13.1. The van der Waals surface area contributed by atoms with E-state index >= 15 is 0 Å². The van der Waals surface area contributed by atoms with Crippen LogP contribution in [0.5, 0.6) is 0 Å². The van der Waals surface area contributed by atoms with Crippen molar-refractivity contribution in [1.82, 2.24) is 0 Å². The molecule has 0 amide bonds. The van der Waals surface area contributed by atoms with Gasteiger partial charge in [0.2, 0.25) is 0 Å². The van der Waals surface area contributed by atoms with Crippen molar-refractivity contribution in [1.29, 1.82) is 0 Å². The average Bonchev–Trinajstić information content (AvgIpc) is 2.23. The Balaban J connectivity index is 3.81. The highest BCUT2D eigenvalue weighted by atomic mass is 19.4. The molecule has 0 atom stereocenters. The van der Waals surface area contributed by atoms with Crippen molar-refractivity contribution >= 4 is 0 Å². The Labute approximate surface area is 118 Å². The van der Waals surface area contributed by atoms with E-state index in [2.05, 4.69) is 0 Å². The van der Waals surface area contributed by atoms with Gasteiger partial charge in [0.1, 0.15) is 0 Å². The minimum absolute atomic E-state index is 0.113. The van der Waals surface area contributed by atoms with E-state index < -0.39 is 35.0 Å². The quantitative estimate of drug-likeness (QED) is 0.626. The van der Waals surface area contributed by atoms with E-state index in [1.54, 1.807) is 41.5 Å². The molecule has 1 aromatic rings. The molecular formula is C16H23F3. The molecule has 0 bridgehead atoms. The second kappa shape index (κ2) is 4.84. The Hall–Kier alpha value is -0.990. The van der Waals surface area contributed by atoms with E-state index in [1.165, 1.54) is 6.07 Å². The van der Waals surface area contributed by atoms with Crippen molar-refractivity contribution in [2.24, 2.45) is 5.41 Å². The van der Waals surface area contributed by atoms with Gasteiger partial charge in [-0.1, -0.05) is 47.6 Å². The van der Waals surface area contributed by atoms with Gasteiger partial charge in [0.25, 0.3) is 0 Å². The van der Waals surface area contributed by atoms with Crippen LogP contribution in [-0.2, 0) is 18.0 Å². The fourth-order valence-corrected chi connectivity index (χ4v) is 1.76. The molecule has 19 heavy (non-hydrogen) atoms. The lowest BCUT2D eigenvalue weighted by molar-refractivity contribution is -0.137. The molecule has 0 saturated carbocycles. The number of hydrogen-bond donors (Lipinski definition) is 0. The summed E-state index contributed by atoms with van der Waals surface area (Å²) in [4.78, 5) is 0. The number of alkyl halides is 3. The number of benzene rings is 1. The Kier molecular flexibility index (Phi) is 3.01. The first-order valence-electron chi connectivity index (χ1n) is 7.73. The van der Waals surface area contributed by atoms with E-state index in [0.717, 1.165) is 6.07 Å². The molecule has 0 saturated heterocycles. The third-order valence-electron chi connectivity index (χ3n) is 2.51. The zero-order chi connectivity index (χ0) is 17.7. The van der Waals surface area contributed by atoms with Gasteiger partial charge in [0, 0.05) is 2.74 Å². The van der Waals surface area contributed by atoms with Crippen molar-refractivity contribution < 1.29 is 17.3 Å². The van der Waals surface area contributed by atoms with Gasteiger partial charge >= 0.3 is 6.18 Å². The molecule has 0 nitrogen and oxygen atoms in total. The van der Waals surface area contributed by atoms with Gasteiger partial charge in [-0.3, -0.25) is 0 Å². The molecule has 1 rings (SSSR count). The topological polar surface area (TPSA) is 0 Å². The third kappa shape index (κ3) is 4.55. The predicted molar refractivity (Wildman–Crippen MR) is 73.3 cm³/mol. The molecule has 108 valence electrons. The standard InChI is InChI=1S/C16H23F3/c1-14(2,3)10-11-7-8-12(16(17,18)19)9-13(11)15(4,5)6/h7-9H,10H2,1-6H3/i9D,10D2. The summed E-state index contributed by atoms with van der Waals surface area (Å²) in [7, 11) is 0. The van der Waals surface area contributed by atoms with Gasteiger partial charge in [-0.05, 0) is 40.4 Å². The van der Waals surface area contributed by atoms with Crippen LogP contribution in [-0.4, -0.2) is 0 Å². The smallest absolute Gasteiger partial charge is 0.166 e. The van der Waals surface area contributed by atoms with Crippen molar-refractivity contribution in [3.8, 4) is 0 Å². The highest BCUT2D eigenvalue weighted by molar-refractivity contribution is 5.38. The Morgan fingerprint density at radius 1 is 1.05 bits per heavy atom. The average molecular weight is 275 g/mol. The normalized spacial score (nSPS) is 16.8. The Morgan fingerprint density at radius 3 is 1.95 bits per heavy atom. The Bertz CT molecular complexity index is 562. The van der Waals surface area contributed by atoms with E-state index in [-0.39, 0.29) is 11.1 Å². The van der Waals surface area contributed by atoms with Crippen LogP contribution in [0.2, 0.25) is 0 Å². The lowest BCUT2D eigenvalue weighted by atomic mass is 9.78. The first kappa shape index (κ1) is 11.8. The summed E-state index contributed by atoms with van der Waals surface area (Å²) in [6.07, 6.45) is -6.47. The number of hydrogen-bond acceptors (Lipinski definition) is 0. The summed E-state index contributed by atoms with van der Waals surface area (Å²) >= 11 is 0. The molecule has 0 aromatic heterocycles. The Morgan fingerprint density at radius 2 is 1.58 bits per heavy atom. The first-order valence-corrected chi connectivity index (χ1v) is 6.23. The van der Waals surface area contributed by atoms with Crippen LogP contribution in [0.4, 0.5) is 13.2 Å². The van der Waals surface area contributed by atoms with Gasteiger partial charge < -0.3 is 0 Å². The van der Waals surface area contributed by atoms with E-state index in [9.17, 15) is 13.2 Å². The molecule has 0 aliphatic heterocycles. The van der Waals surface area contributed by atoms with Crippen LogP contribution in [0, 0.1) is 5.41 Å². The second-order valence-corrected chi connectivity index (χ2v) is 6.78. The molecule has 0 heterocycles. The van der Waals surface area contributed by atoms with Gasteiger partial charge in [-0.15, -0.1) is 0 Å². The number of rotatable bonds is 1. The van der Waals surface area contributed by atoms with E-state index in [0.29, 0.717) is 0 Å². The predicted octanol–water partition coefficient (Wildman–Crippen LogP) is 5.59. The van der Waals surface area contributed by atoms with E-state index in [1.807, 2.05) is 0 Å². The summed E-state index contributed by atoms with van der Waals surface area (Å²) in [5, 5.41) is 0. The zero-order valence-corrected chi connectivity index (χ0v) is 12.3. The zero-order valence-electron chi connectivity index (χ0n) is 15.3. The summed E-state index contributed by atoms with van der Waals surface area (Å²) in [6.45, 7) is 10.2. The fourth-order valence-electron chi connectivity index (χ4n) is 1.76. The third-order valence-corrected chi connectivity index (χ3v) is 2.51. The van der Waals surface area contributed by atoms with E-state index in [4.69, 9.17) is 4.11 Å². The lowest BCUT2D eigenvalue weighted by Gasteiger charge is -2.28. The molecule has 3 heteroatoms. The van der Waals surface area contributed by atoms with Crippen LogP contribution in [0.1, 0.15) is 62.3 Å². The summed E-state index contributed by atoms with van der Waals surface area (Å²) in [5.41, 5.74) is -2.33. The molecule has 0 fully saturated rings. The largest absolute Gasteiger partial charge is 0.416 e. The van der Waals surface area contributed by atoms with Gasteiger partial charge in [-0.25, -0.2) is 0 Å². The fraction of sp³-hybridized carbons (Fsp3) is 0.625. The van der Waals surface area contributed by atoms with Crippen molar-refractivity contribution in [3.63, 3.8) is 0 Å². The summed E-state index contributed by atoms with van der Waals surface area (Å²) in [6, 6.07) is 1.37. The molecule has 0 N–H and O–H groups in total. The molecule has 0 aliphatic carbocycles. The van der Waals surface area contributed by atoms with Crippen molar-refractivity contribution in [3.05, 3.63) is 34.9 Å². The van der Waals surface area contributed by atoms with Crippen LogP contribution in [0.25, 0.3) is 0 Å².